The Balaban J connectivity index is 2.90. The van der Waals surface area contributed by atoms with Crippen LogP contribution in [0.3, 0.4) is 0 Å². The van der Waals surface area contributed by atoms with E-state index in [0.29, 0.717) is 5.56 Å². The van der Waals surface area contributed by atoms with Gasteiger partial charge in [0.1, 0.15) is 5.75 Å². The second kappa shape index (κ2) is 4.63. The van der Waals surface area contributed by atoms with Crippen LogP contribution in [0.2, 0.25) is 5.02 Å². The summed E-state index contributed by atoms with van der Waals surface area (Å²) in [7, 11) is 0. The minimum Gasteiger partial charge on any atom is -0.433 e. The molecule has 0 N–H and O–H groups in total. The molecule has 0 saturated carbocycles. The van der Waals surface area contributed by atoms with Crippen molar-refractivity contribution in [2.45, 2.75) is 12.5 Å². The molecule has 0 radical (unpaired) electrons. The summed E-state index contributed by atoms with van der Waals surface area (Å²) in [5, 5.41) is 0.147. The maximum atomic E-state index is 11.8. The van der Waals surface area contributed by atoms with E-state index in [1.807, 2.05) is 0 Å². The molecule has 5 heteroatoms. The molecule has 0 aliphatic carbocycles. The van der Waals surface area contributed by atoms with Gasteiger partial charge in [-0.2, -0.15) is 8.78 Å². The van der Waals surface area contributed by atoms with Gasteiger partial charge in [0.2, 0.25) is 0 Å². The van der Waals surface area contributed by atoms with Gasteiger partial charge in [-0.05, 0) is 17.7 Å². The van der Waals surface area contributed by atoms with Gasteiger partial charge in [0, 0.05) is 5.88 Å². The lowest BCUT2D eigenvalue weighted by Crippen LogP contribution is -2.02. The van der Waals surface area contributed by atoms with Gasteiger partial charge in [0.25, 0.3) is 0 Å². The first-order valence-corrected chi connectivity index (χ1v) is 4.34. The smallest absolute Gasteiger partial charge is 0.387 e. The van der Waals surface area contributed by atoms with E-state index in [-0.39, 0.29) is 16.7 Å². The SMILES string of the molecule is FC(F)Oc1cc(CCl)ccc1Cl. The fraction of sp³-hybridized carbons (Fsp3) is 0.250. The molecule has 0 amide bonds. The predicted octanol–water partition coefficient (Wildman–Crippen LogP) is 3.68. The monoisotopic (exact) mass is 226 g/mol. The summed E-state index contributed by atoms with van der Waals surface area (Å²) >= 11 is 11.1. The van der Waals surface area contributed by atoms with E-state index in [2.05, 4.69) is 4.74 Å². The van der Waals surface area contributed by atoms with Crippen molar-refractivity contribution in [3.63, 3.8) is 0 Å². The normalized spacial score (nSPS) is 10.5. The number of rotatable bonds is 3. The molecule has 0 unspecified atom stereocenters. The Labute approximate surface area is 84.2 Å². The molecule has 1 aromatic rings. The standard InChI is InChI=1S/C8H6Cl2F2O/c9-4-5-1-2-6(10)7(3-5)13-8(11)12/h1-3,8H,4H2. The van der Waals surface area contributed by atoms with Gasteiger partial charge in [0.05, 0.1) is 5.02 Å². The van der Waals surface area contributed by atoms with Crippen molar-refractivity contribution in [3.05, 3.63) is 28.8 Å². The van der Waals surface area contributed by atoms with E-state index in [4.69, 9.17) is 23.2 Å². The van der Waals surface area contributed by atoms with Gasteiger partial charge in [-0.25, -0.2) is 0 Å². The third-order valence-corrected chi connectivity index (χ3v) is 1.99. The molecule has 13 heavy (non-hydrogen) atoms. The topological polar surface area (TPSA) is 9.23 Å². The zero-order valence-electron chi connectivity index (χ0n) is 6.44. The van der Waals surface area contributed by atoms with Crippen molar-refractivity contribution < 1.29 is 13.5 Å². The molecule has 1 rings (SSSR count). The summed E-state index contributed by atoms with van der Waals surface area (Å²) in [6, 6.07) is 4.51. The fourth-order valence-electron chi connectivity index (χ4n) is 0.817. The molecule has 1 nitrogen and oxygen atoms in total. The first kappa shape index (κ1) is 10.5. The Kier molecular flexibility index (Phi) is 3.75. The van der Waals surface area contributed by atoms with Crippen LogP contribution in [0.4, 0.5) is 8.78 Å². The van der Waals surface area contributed by atoms with Crippen LogP contribution in [0.5, 0.6) is 5.75 Å². The number of ether oxygens (including phenoxy) is 1. The van der Waals surface area contributed by atoms with Crippen LogP contribution >= 0.6 is 23.2 Å². The third kappa shape index (κ3) is 3.01. The molecule has 0 saturated heterocycles. The number of benzene rings is 1. The quantitative estimate of drug-likeness (QED) is 0.715. The van der Waals surface area contributed by atoms with Crippen molar-refractivity contribution >= 4 is 23.2 Å². The number of hydrogen-bond donors (Lipinski definition) is 0. The summed E-state index contributed by atoms with van der Waals surface area (Å²) in [5.74, 6) is 0.186. The number of halogens is 4. The van der Waals surface area contributed by atoms with Crippen molar-refractivity contribution in [2.24, 2.45) is 0 Å². The van der Waals surface area contributed by atoms with Crippen LogP contribution in [0, 0.1) is 0 Å². The highest BCUT2D eigenvalue weighted by atomic mass is 35.5. The zero-order chi connectivity index (χ0) is 9.84. The summed E-state index contributed by atoms with van der Waals surface area (Å²) in [5.41, 5.74) is 0.682. The Bertz CT molecular complexity index is 291. The van der Waals surface area contributed by atoms with Crippen LogP contribution in [0.1, 0.15) is 5.56 Å². The predicted molar refractivity (Wildman–Crippen MR) is 47.6 cm³/mol. The highest BCUT2D eigenvalue weighted by molar-refractivity contribution is 6.32. The molecule has 0 aliphatic heterocycles. The van der Waals surface area contributed by atoms with Crippen molar-refractivity contribution in [1.29, 1.82) is 0 Å². The minimum atomic E-state index is -2.87. The van der Waals surface area contributed by atoms with E-state index in [0.717, 1.165) is 0 Å². The van der Waals surface area contributed by atoms with Crippen LogP contribution in [-0.4, -0.2) is 6.61 Å². The molecule has 1 aromatic carbocycles. The fourth-order valence-corrected chi connectivity index (χ4v) is 1.15. The Morgan fingerprint density at radius 1 is 1.38 bits per heavy atom. The molecule has 0 heterocycles. The van der Waals surface area contributed by atoms with Crippen molar-refractivity contribution in [1.82, 2.24) is 0 Å². The zero-order valence-corrected chi connectivity index (χ0v) is 7.95. The summed E-state index contributed by atoms with van der Waals surface area (Å²) in [4.78, 5) is 0. The first-order valence-electron chi connectivity index (χ1n) is 3.42. The van der Waals surface area contributed by atoms with Crippen LogP contribution < -0.4 is 4.74 Å². The molecule has 0 atom stereocenters. The average molecular weight is 227 g/mol. The van der Waals surface area contributed by atoms with Crippen molar-refractivity contribution in [2.75, 3.05) is 0 Å². The Morgan fingerprint density at radius 2 is 2.08 bits per heavy atom. The van der Waals surface area contributed by atoms with Crippen molar-refractivity contribution in [3.8, 4) is 5.75 Å². The lowest BCUT2D eigenvalue weighted by molar-refractivity contribution is -0.0498. The van der Waals surface area contributed by atoms with Gasteiger partial charge >= 0.3 is 6.61 Å². The molecule has 72 valence electrons. The Hall–Kier alpha value is -0.540. The van der Waals surface area contributed by atoms with E-state index in [9.17, 15) is 8.78 Å². The van der Waals surface area contributed by atoms with E-state index in [1.54, 1.807) is 6.07 Å². The molecular weight excluding hydrogens is 221 g/mol. The lowest BCUT2D eigenvalue weighted by atomic mass is 10.2. The van der Waals surface area contributed by atoms with Crippen LogP contribution in [0.15, 0.2) is 18.2 Å². The second-order valence-corrected chi connectivity index (χ2v) is 2.95. The largest absolute Gasteiger partial charge is 0.433 e. The number of alkyl halides is 3. The minimum absolute atomic E-state index is 0.0465. The molecule has 0 bridgehead atoms. The summed E-state index contributed by atoms with van der Waals surface area (Å²) < 4.78 is 27.8. The lowest BCUT2D eigenvalue weighted by Gasteiger charge is -2.07. The van der Waals surface area contributed by atoms with Gasteiger partial charge < -0.3 is 4.74 Å². The molecule has 0 aliphatic rings. The maximum Gasteiger partial charge on any atom is 0.387 e. The average Bonchev–Trinajstić information content (AvgIpc) is 2.08. The van der Waals surface area contributed by atoms with Crippen LogP contribution in [0.25, 0.3) is 0 Å². The van der Waals surface area contributed by atoms with Gasteiger partial charge in [0.15, 0.2) is 0 Å². The van der Waals surface area contributed by atoms with Gasteiger partial charge in [-0.3, -0.25) is 0 Å². The summed E-state index contributed by atoms with van der Waals surface area (Å²) in [6.07, 6.45) is 0. The van der Waals surface area contributed by atoms with E-state index >= 15 is 0 Å². The number of hydrogen-bond acceptors (Lipinski definition) is 1. The maximum absolute atomic E-state index is 11.8. The third-order valence-electron chi connectivity index (χ3n) is 1.37. The molecule has 0 spiro atoms. The highest BCUT2D eigenvalue weighted by Gasteiger charge is 2.08. The van der Waals surface area contributed by atoms with Crippen LogP contribution in [-0.2, 0) is 5.88 Å². The van der Waals surface area contributed by atoms with E-state index in [1.165, 1.54) is 12.1 Å². The van der Waals surface area contributed by atoms with E-state index < -0.39 is 6.61 Å². The van der Waals surface area contributed by atoms with Gasteiger partial charge in [-0.15, -0.1) is 11.6 Å². The second-order valence-electron chi connectivity index (χ2n) is 2.28. The Morgan fingerprint density at radius 3 is 2.62 bits per heavy atom. The molecular formula is C8H6Cl2F2O. The summed E-state index contributed by atoms with van der Waals surface area (Å²) in [6.45, 7) is -2.87. The molecule has 0 fully saturated rings. The highest BCUT2D eigenvalue weighted by Crippen LogP contribution is 2.27. The molecule has 0 aromatic heterocycles. The first-order chi connectivity index (χ1) is 6.13. The van der Waals surface area contributed by atoms with Gasteiger partial charge in [-0.1, -0.05) is 17.7 Å².